The quantitative estimate of drug-likeness (QED) is 0.857. The summed E-state index contributed by atoms with van der Waals surface area (Å²) in [6, 6.07) is 3.44. The summed E-state index contributed by atoms with van der Waals surface area (Å²) in [7, 11) is -3.75. The summed E-state index contributed by atoms with van der Waals surface area (Å²) < 4.78 is 40.0. The maximum absolute atomic E-state index is 13.3. The molecule has 1 aliphatic heterocycles. The number of sulfonamides is 1. The lowest BCUT2D eigenvalue weighted by molar-refractivity contribution is -0.117. The van der Waals surface area contributed by atoms with E-state index in [0.717, 1.165) is 12.5 Å². The highest BCUT2D eigenvalue weighted by molar-refractivity contribution is 7.89. The maximum atomic E-state index is 13.3. The van der Waals surface area contributed by atoms with Crippen molar-refractivity contribution in [2.24, 2.45) is 0 Å². The molecule has 2 rings (SSSR count). The van der Waals surface area contributed by atoms with E-state index in [0.29, 0.717) is 18.5 Å². The van der Waals surface area contributed by atoms with E-state index in [1.807, 2.05) is 0 Å². The topological polar surface area (TPSA) is 54.5 Å². The number of carbonyl (C=O) groups excluding carboxylic acids is 1. The number of ketones is 1. The van der Waals surface area contributed by atoms with Gasteiger partial charge in [-0.15, -0.1) is 0 Å². The van der Waals surface area contributed by atoms with Gasteiger partial charge in [0.25, 0.3) is 0 Å². The first-order valence-corrected chi connectivity index (χ1v) is 8.04. The Morgan fingerprint density at radius 3 is 2.80 bits per heavy atom. The number of benzene rings is 1. The molecule has 0 bridgehead atoms. The van der Waals surface area contributed by atoms with Gasteiger partial charge in [-0.3, -0.25) is 4.79 Å². The van der Waals surface area contributed by atoms with Crippen molar-refractivity contribution in [1.82, 2.24) is 4.31 Å². The van der Waals surface area contributed by atoms with Crippen LogP contribution >= 0.6 is 0 Å². The Morgan fingerprint density at radius 1 is 1.45 bits per heavy atom. The minimum Gasteiger partial charge on any atom is -0.300 e. The molecule has 6 heteroatoms. The van der Waals surface area contributed by atoms with Gasteiger partial charge in [0.2, 0.25) is 10.0 Å². The van der Waals surface area contributed by atoms with Crippen molar-refractivity contribution in [3.63, 3.8) is 0 Å². The highest BCUT2D eigenvalue weighted by Gasteiger charge is 2.36. The fourth-order valence-corrected chi connectivity index (χ4v) is 4.57. The van der Waals surface area contributed by atoms with Crippen molar-refractivity contribution in [3.05, 3.63) is 29.6 Å². The van der Waals surface area contributed by atoms with E-state index in [1.165, 1.54) is 23.4 Å². The Kier molecular flexibility index (Phi) is 4.25. The Hall–Kier alpha value is -1.27. The second-order valence-electron chi connectivity index (χ2n) is 5.23. The number of hydrogen-bond acceptors (Lipinski definition) is 3. The lowest BCUT2D eigenvalue weighted by atomic mass is 10.1. The molecule has 1 aromatic rings. The SMILES string of the molecule is CC(=O)CC1CCCN1S(=O)(=O)c1cc(F)ccc1C. The Balaban J connectivity index is 2.39. The normalized spacial score (nSPS) is 20.2. The van der Waals surface area contributed by atoms with Gasteiger partial charge < -0.3 is 0 Å². The molecule has 4 nitrogen and oxygen atoms in total. The summed E-state index contributed by atoms with van der Waals surface area (Å²) in [5.41, 5.74) is 0.514. The zero-order valence-corrected chi connectivity index (χ0v) is 12.4. The van der Waals surface area contributed by atoms with E-state index in [2.05, 4.69) is 0 Å². The van der Waals surface area contributed by atoms with Crippen LogP contribution in [0.25, 0.3) is 0 Å². The van der Waals surface area contributed by atoms with Crippen LogP contribution in [0.4, 0.5) is 4.39 Å². The summed E-state index contributed by atoms with van der Waals surface area (Å²) in [4.78, 5) is 11.2. The van der Waals surface area contributed by atoms with Crippen LogP contribution in [-0.2, 0) is 14.8 Å². The number of hydrogen-bond donors (Lipinski definition) is 0. The summed E-state index contributed by atoms with van der Waals surface area (Å²) in [5, 5.41) is 0. The largest absolute Gasteiger partial charge is 0.300 e. The van der Waals surface area contributed by atoms with Gasteiger partial charge in [0, 0.05) is 19.0 Å². The van der Waals surface area contributed by atoms with Gasteiger partial charge in [-0.05, 0) is 44.4 Å². The van der Waals surface area contributed by atoms with Gasteiger partial charge in [-0.25, -0.2) is 12.8 Å². The average Bonchev–Trinajstić information content (AvgIpc) is 2.80. The van der Waals surface area contributed by atoms with Crippen LogP contribution in [0.5, 0.6) is 0 Å². The molecule has 0 radical (unpaired) electrons. The van der Waals surface area contributed by atoms with Gasteiger partial charge >= 0.3 is 0 Å². The standard InChI is InChI=1S/C14H18FNO3S/c1-10-5-6-12(15)9-14(10)20(18,19)16-7-3-4-13(16)8-11(2)17/h5-6,9,13H,3-4,7-8H2,1-2H3. The van der Waals surface area contributed by atoms with Crippen LogP contribution in [0, 0.1) is 12.7 Å². The van der Waals surface area contributed by atoms with Crippen molar-refractivity contribution in [1.29, 1.82) is 0 Å². The van der Waals surface area contributed by atoms with Crippen LogP contribution < -0.4 is 0 Å². The van der Waals surface area contributed by atoms with Crippen LogP contribution in [-0.4, -0.2) is 31.1 Å². The third-order valence-electron chi connectivity index (χ3n) is 3.58. The molecule has 1 fully saturated rings. The van der Waals surface area contributed by atoms with Crippen molar-refractivity contribution in [2.75, 3.05) is 6.54 Å². The fraction of sp³-hybridized carbons (Fsp3) is 0.500. The zero-order valence-electron chi connectivity index (χ0n) is 11.6. The minimum atomic E-state index is -3.75. The summed E-state index contributed by atoms with van der Waals surface area (Å²) >= 11 is 0. The Bertz CT molecular complexity index is 627. The molecule has 1 aromatic carbocycles. The molecule has 0 spiro atoms. The summed E-state index contributed by atoms with van der Waals surface area (Å²) in [5.74, 6) is -0.607. The van der Waals surface area contributed by atoms with Crippen LogP contribution in [0.3, 0.4) is 0 Å². The third-order valence-corrected chi connectivity index (χ3v) is 5.68. The van der Waals surface area contributed by atoms with Gasteiger partial charge in [0.1, 0.15) is 11.6 Å². The van der Waals surface area contributed by atoms with Crippen molar-refractivity contribution in [2.45, 2.75) is 44.0 Å². The molecule has 0 amide bonds. The van der Waals surface area contributed by atoms with E-state index in [4.69, 9.17) is 0 Å². The summed E-state index contributed by atoms with van der Waals surface area (Å²) in [6.07, 6.45) is 1.62. The molecular formula is C14H18FNO3S. The van der Waals surface area contributed by atoms with Gasteiger partial charge in [-0.2, -0.15) is 4.31 Å². The molecule has 1 aliphatic rings. The van der Waals surface area contributed by atoms with Crippen LogP contribution in [0.15, 0.2) is 23.1 Å². The first-order chi connectivity index (χ1) is 9.32. The Morgan fingerprint density at radius 2 is 2.15 bits per heavy atom. The molecule has 110 valence electrons. The molecule has 1 atom stereocenters. The van der Waals surface area contributed by atoms with Crippen molar-refractivity contribution in [3.8, 4) is 0 Å². The Labute approximate surface area is 118 Å². The highest BCUT2D eigenvalue weighted by Crippen LogP contribution is 2.29. The number of Topliss-reactive ketones (excluding diaryl/α,β-unsaturated/α-hetero) is 1. The molecule has 0 aliphatic carbocycles. The van der Waals surface area contributed by atoms with Crippen molar-refractivity contribution >= 4 is 15.8 Å². The molecule has 20 heavy (non-hydrogen) atoms. The first-order valence-electron chi connectivity index (χ1n) is 6.60. The fourth-order valence-electron chi connectivity index (χ4n) is 2.64. The van der Waals surface area contributed by atoms with E-state index < -0.39 is 15.8 Å². The van der Waals surface area contributed by atoms with E-state index in [9.17, 15) is 17.6 Å². The molecule has 0 aromatic heterocycles. The molecule has 1 heterocycles. The number of aryl methyl sites for hydroxylation is 1. The van der Waals surface area contributed by atoms with Gasteiger partial charge in [0.05, 0.1) is 4.90 Å². The van der Waals surface area contributed by atoms with Gasteiger partial charge in [-0.1, -0.05) is 6.07 Å². The third kappa shape index (κ3) is 2.91. The number of carbonyl (C=O) groups is 1. The second-order valence-corrected chi connectivity index (χ2v) is 7.09. The smallest absolute Gasteiger partial charge is 0.243 e. The average molecular weight is 299 g/mol. The van der Waals surface area contributed by atoms with Crippen molar-refractivity contribution < 1.29 is 17.6 Å². The van der Waals surface area contributed by atoms with Crippen LogP contribution in [0.1, 0.15) is 31.7 Å². The minimum absolute atomic E-state index is 0.00653. The van der Waals surface area contributed by atoms with E-state index in [1.54, 1.807) is 6.92 Å². The number of nitrogens with zero attached hydrogens (tertiary/aromatic N) is 1. The molecule has 1 saturated heterocycles. The first kappa shape index (κ1) is 15.1. The molecule has 0 saturated carbocycles. The second kappa shape index (κ2) is 5.61. The van der Waals surface area contributed by atoms with E-state index in [-0.39, 0.29) is 23.1 Å². The van der Waals surface area contributed by atoms with Crippen LogP contribution in [0.2, 0.25) is 0 Å². The molecular weight excluding hydrogens is 281 g/mol. The predicted molar refractivity (Wildman–Crippen MR) is 73.3 cm³/mol. The van der Waals surface area contributed by atoms with Gasteiger partial charge in [0.15, 0.2) is 0 Å². The lowest BCUT2D eigenvalue weighted by Gasteiger charge is -2.24. The van der Waals surface area contributed by atoms with E-state index >= 15 is 0 Å². The zero-order chi connectivity index (χ0) is 14.9. The maximum Gasteiger partial charge on any atom is 0.243 e. The predicted octanol–water partition coefficient (Wildman–Crippen LogP) is 2.27. The number of rotatable bonds is 4. The summed E-state index contributed by atoms with van der Waals surface area (Å²) in [6.45, 7) is 3.48. The highest BCUT2D eigenvalue weighted by atomic mass is 32.2. The number of halogens is 1. The monoisotopic (exact) mass is 299 g/mol. The molecule has 1 unspecified atom stereocenters. The molecule has 0 N–H and O–H groups in total. The lowest BCUT2D eigenvalue weighted by Crippen LogP contribution is -2.36.